The van der Waals surface area contributed by atoms with Gasteiger partial charge in [0.2, 0.25) is 5.89 Å². The van der Waals surface area contributed by atoms with Gasteiger partial charge in [0.25, 0.3) is 5.91 Å². The molecule has 1 fully saturated rings. The maximum absolute atomic E-state index is 13.6. The molecule has 1 saturated carbocycles. The molecule has 6 nitrogen and oxygen atoms in total. The van der Waals surface area contributed by atoms with Crippen LogP contribution in [0.5, 0.6) is 0 Å². The van der Waals surface area contributed by atoms with E-state index < -0.39 is 0 Å². The van der Waals surface area contributed by atoms with Gasteiger partial charge in [0, 0.05) is 21.8 Å². The lowest BCUT2D eigenvalue weighted by Gasteiger charge is -2.02. The number of anilines is 1. The van der Waals surface area contributed by atoms with Crippen molar-refractivity contribution in [2.45, 2.75) is 18.8 Å². The van der Waals surface area contributed by atoms with Gasteiger partial charge in [0.05, 0.1) is 5.56 Å². The molecule has 5 rings (SSSR count). The predicted octanol–water partition coefficient (Wildman–Crippen LogP) is 5.25. The van der Waals surface area contributed by atoms with Crippen molar-refractivity contribution in [1.82, 2.24) is 15.2 Å². The van der Waals surface area contributed by atoms with Gasteiger partial charge in [-0.2, -0.15) is 5.10 Å². The van der Waals surface area contributed by atoms with Gasteiger partial charge in [-0.25, -0.2) is 9.37 Å². The van der Waals surface area contributed by atoms with Gasteiger partial charge < -0.3 is 9.73 Å². The highest BCUT2D eigenvalue weighted by Crippen LogP contribution is 2.39. The van der Waals surface area contributed by atoms with Gasteiger partial charge in [0.15, 0.2) is 11.3 Å². The number of aromatic nitrogens is 3. The van der Waals surface area contributed by atoms with Crippen molar-refractivity contribution in [3.8, 4) is 11.5 Å². The van der Waals surface area contributed by atoms with Crippen molar-refractivity contribution in [2.24, 2.45) is 0 Å². The van der Waals surface area contributed by atoms with Crippen LogP contribution in [0.4, 0.5) is 10.1 Å². The number of H-pyrrole nitrogens is 1. The number of oxazole rings is 1. The van der Waals surface area contributed by atoms with Crippen LogP contribution in [0.25, 0.3) is 22.6 Å². The van der Waals surface area contributed by atoms with Crippen LogP contribution in [0.2, 0.25) is 0 Å². The molecule has 4 aromatic rings. The minimum Gasteiger partial charge on any atom is -0.436 e. The number of carbonyl (C=O) groups is 1. The summed E-state index contributed by atoms with van der Waals surface area (Å²) in [5.74, 6) is 0.129. The molecule has 0 saturated heterocycles. The van der Waals surface area contributed by atoms with E-state index in [0.717, 1.165) is 18.5 Å². The van der Waals surface area contributed by atoms with Gasteiger partial charge in [-0.05, 0) is 71.2 Å². The van der Waals surface area contributed by atoms with Crippen LogP contribution in [0.15, 0.2) is 51.4 Å². The van der Waals surface area contributed by atoms with Gasteiger partial charge in [-0.15, -0.1) is 0 Å². The molecule has 1 aliphatic rings. The standard InChI is InChI=1S/C20H14BrFN4O2/c21-14-5-3-11(22)7-13(14)20-24-16-8-12(4-6-18(16)28-20)23-19(27)17-9-15(25-26-17)10-1-2-10/h3-10H,1-2H2,(H,23,27)(H,25,26). The Balaban J connectivity index is 1.41. The Morgan fingerprint density at radius 3 is 2.89 bits per heavy atom. The van der Waals surface area contributed by atoms with Crippen LogP contribution >= 0.6 is 15.9 Å². The Kier molecular flexibility index (Phi) is 4.01. The molecule has 0 atom stereocenters. The van der Waals surface area contributed by atoms with Crippen LogP contribution in [0, 0.1) is 5.82 Å². The maximum Gasteiger partial charge on any atom is 0.276 e. The minimum absolute atomic E-state index is 0.293. The molecule has 0 unspecified atom stereocenters. The van der Waals surface area contributed by atoms with E-state index in [-0.39, 0.29) is 11.7 Å². The topological polar surface area (TPSA) is 83.8 Å². The molecule has 2 heterocycles. The van der Waals surface area contributed by atoms with Crippen molar-refractivity contribution in [2.75, 3.05) is 5.32 Å². The normalized spacial score (nSPS) is 13.8. The number of carbonyl (C=O) groups excluding carboxylic acids is 1. The highest BCUT2D eigenvalue weighted by molar-refractivity contribution is 9.10. The molecule has 1 amide bonds. The fraction of sp³-hybridized carbons (Fsp3) is 0.150. The number of halogens is 2. The Morgan fingerprint density at radius 2 is 2.07 bits per heavy atom. The summed E-state index contributed by atoms with van der Waals surface area (Å²) in [6, 6.07) is 11.3. The Hall–Kier alpha value is -3.00. The zero-order chi connectivity index (χ0) is 19.3. The van der Waals surface area contributed by atoms with Gasteiger partial charge >= 0.3 is 0 Å². The number of aromatic amines is 1. The van der Waals surface area contributed by atoms with Crippen molar-refractivity contribution in [1.29, 1.82) is 0 Å². The summed E-state index contributed by atoms with van der Waals surface area (Å²) in [7, 11) is 0. The summed E-state index contributed by atoms with van der Waals surface area (Å²) in [6.07, 6.45) is 2.27. The molecule has 0 radical (unpaired) electrons. The van der Waals surface area contributed by atoms with E-state index in [1.807, 2.05) is 0 Å². The summed E-state index contributed by atoms with van der Waals surface area (Å²) in [5.41, 5.74) is 3.55. The van der Waals surface area contributed by atoms with E-state index in [1.54, 1.807) is 30.3 Å². The van der Waals surface area contributed by atoms with Crippen molar-refractivity contribution in [3.05, 3.63) is 64.1 Å². The molecular formula is C20H14BrFN4O2. The fourth-order valence-corrected chi connectivity index (χ4v) is 3.45. The Morgan fingerprint density at radius 1 is 1.21 bits per heavy atom. The molecule has 0 bridgehead atoms. The van der Waals surface area contributed by atoms with Crippen LogP contribution in [0.3, 0.4) is 0 Å². The Bertz CT molecular complexity index is 1210. The lowest BCUT2D eigenvalue weighted by molar-refractivity contribution is 0.102. The summed E-state index contributed by atoms with van der Waals surface area (Å²) >= 11 is 3.38. The van der Waals surface area contributed by atoms with Crippen molar-refractivity contribution in [3.63, 3.8) is 0 Å². The highest BCUT2D eigenvalue weighted by atomic mass is 79.9. The lowest BCUT2D eigenvalue weighted by atomic mass is 10.2. The highest BCUT2D eigenvalue weighted by Gasteiger charge is 2.26. The second-order valence-corrected chi connectivity index (χ2v) is 7.62. The van der Waals surface area contributed by atoms with Gasteiger partial charge in [0.1, 0.15) is 11.3 Å². The molecule has 2 aromatic heterocycles. The smallest absolute Gasteiger partial charge is 0.276 e. The summed E-state index contributed by atoms with van der Waals surface area (Å²) in [5, 5.41) is 9.83. The van der Waals surface area contributed by atoms with Crippen LogP contribution < -0.4 is 5.32 Å². The number of hydrogen-bond donors (Lipinski definition) is 2. The first-order chi connectivity index (χ1) is 13.6. The Labute approximate surface area is 167 Å². The fourth-order valence-electron chi connectivity index (χ4n) is 3.03. The van der Waals surface area contributed by atoms with Crippen LogP contribution in [-0.2, 0) is 0 Å². The number of nitrogens with zero attached hydrogens (tertiary/aromatic N) is 2. The molecule has 28 heavy (non-hydrogen) atoms. The number of nitrogens with one attached hydrogen (secondary N) is 2. The number of rotatable bonds is 4. The monoisotopic (exact) mass is 440 g/mol. The van der Waals surface area contributed by atoms with Gasteiger partial charge in [-0.1, -0.05) is 0 Å². The van der Waals surface area contributed by atoms with Crippen molar-refractivity contribution < 1.29 is 13.6 Å². The number of benzene rings is 2. The third-order valence-electron chi connectivity index (χ3n) is 4.65. The van der Waals surface area contributed by atoms with E-state index in [1.165, 1.54) is 12.1 Å². The average Bonchev–Trinajstić information content (AvgIpc) is 3.25. The first-order valence-electron chi connectivity index (χ1n) is 8.79. The minimum atomic E-state index is -0.377. The van der Waals surface area contributed by atoms with E-state index in [0.29, 0.717) is 44.3 Å². The zero-order valence-corrected chi connectivity index (χ0v) is 16.1. The summed E-state index contributed by atoms with van der Waals surface area (Å²) < 4.78 is 20.0. The largest absolute Gasteiger partial charge is 0.436 e. The molecule has 2 aromatic carbocycles. The van der Waals surface area contributed by atoms with Gasteiger partial charge in [-0.3, -0.25) is 9.89 Å². The molecule has 8 heteroatoms. The second kappa shape index (κ2) is 6.56. The van der Waals surface area contributed by atoms with E-state index >= 15 is 0 Å². The average molecular weight is 441 g/mol. The first-order valence-corrected chi connectivity index (χ1v) is 9.59. The second-order valence-electron chi connectivity index (χ2n) is 6.76. The van der Waals surface area contributed by atoms with Crippen molar-refractivity contribution >= 4 is 38.6 Å². The third kappa shape index (κ3) is 3.20. The first kappa shape index (κ1) is 17.1. The zero-order valence-electron chi connectivity index (χ0n) is 14.5. The van der Waals surface area contributed by atoms with E-state index in [9.17, 15) is 9.18 Å². The summed E-state index contributed by atoms with van der Waals surface area (Å²) in [4.78, 5) is 16.9. The van der Waals surface area contributed by atoms with Crippen LogP contribution in [-0.4, -0.2) is 21.1 Å². The number of fused-ring (bicyclic) bond motifs is 1. The molecule has 0 aliphatic heterocycles. The quantitative estimate of drug-likeness (QED) is 0.453. The molecule has 0 spiro atoms. The molecular weight excluding hydrogens is 427 g/mol. The van der Waals surface area contributed by atoms with E-state index in [2.05, 4.69) is 36.4 Å². The lowest BCUT2D eigenvalue weighted by Crippen LogP contribution is -2.12. The summed E-state index contributed by atoms with van der Waals surface area (Å²) in [6.45, 7) is 0. The number of amides is 1. The number of hydrogen-bond acceptors (Lipinski definition) is 4. The van der Waals surface area contributed by atoms with Crippen LogP contribution in [0.1, 0.15) is 34.9 Å². The molecule has 1 aliphatic carbocycles. The SMILES string of the molecule is O=C(Nc1ccc2oc(-c3cc(F)ccc3Br)nc2c1)c1cc(C2CC2)[nH]n1. The molecule has 140 valence electrons. The van der Waals surface area contributed by atoms with E-state index in [4.69, 9.17) is 4.42 Å². The predicted molar refractivity (Wildman–Crippen MR) is 106 cm³/mol. The molecule has 2 N–H and O–H groups in total. The maximum atomic E-state index is 13.6. The third-order valence-corrected chi connectivity index (χ3v) is 5.34.